The lowest BCUT2D eigenvalue weighted by atomic mass is 10.0. The van der Waals surface area contributed by atoms with Gasteiger partial charge in [0.15, 0.2) is 0 Å². The zero-order valence-corrected chi connectivity index (χ0v) is 9.43. The van der Waals surface area contributed by atoms with Crippen LogP contribution >= 0.6 is 11.6 Å². The minimum atomic E-state index is -0.929. The van der Waals surface area contributed by atoms with E-state index in [0.717, 1.165) is 10.8 Å². The summed E-state index contributed by atoms with van der Waals surface area (Å²) >= 11 is 5.50. The summed E-state index contributed by atoms with van der Waals surface area (Å²) in [4.78, 5) is 0. The van der Waals surface area contributed by atoms with Gasteiger partial charge in [-0.1, -0.05) is 36.4 Å². The summed E-state index contributed by atoms with van der Waals surface area (Å²) in [6, 6.07) is 13.5. The van der Waals surface area contributed by atoms with Gasteiger partial charge in [0.05, 0.1) is 12.0 Å². The first-order valence-corrected chi connectivity index (χ1v) is 5.66. The Hall–Kier alpha value is -1.09. The molecule has 0 amide bonds. The highest BCUT2D eigenvalue weighted by molar-refractivity contribution is 6.18. The van der Waals surface area contributed by atoms with Gasteiger partial charge in [0, 0.05) is 0 Å². The molecule has 0 saturated carbocycles. The van der Waals surface area contributed by atoms with Gasteiger partial charge in [-0.05, 0) is 22.4 Å². The normalized spacial score (nSPS) is 14.9. The number of fused-ring (bicyclic) bond motifs is 1. The van der Waals surface area contributed by atoms with E-state index in [1.54, 1.807) is 0 Å². The fourth-order valence-electron chi connectivity index (χ4n) is 1.70. The van der Waals surface area contributed by atoms with Gasteiger partial charge in [-0.25, -0.2) is 0 Å². The third-order valence-electron chi connectivity index (χ3n) is 2.64. The fourth-order valence-corrected chi connectivity index (χ4v) is 1.87. The number of aliphatic hydroxyl groups excluding tert-OH is 2. The van der Waals surface area contributed by atoms with Crippen molar-refractivity contribution >= 4 is 22.4 Å². The first kappa shape index (κ1) is 11.4. The lowest BCUT2D eigenvalue weighted by molar-refractivity contribution is 0.0328. The van der Waals surface area contributed by atoms with Gasteiger partial charge in [0.1, 0.15) is 6.10 Å². The molecular weight excluding hydrogens is 224 g/mol. The molecule has 0 radical (unpaired) electrons. The Morgan fingerprint density at radius 2 is 1.69 bits per heavy atom. The van der Waals surface area contributed by atoms with Crippen molar-refractivity contribution in [3.8, 4) is 0 Å². The van der Waals surface area contributed by atoms with Crippen molar-refractivity contribution in [3.05, 3.63) is 48.0 Å². The van der Waals surface area contributed by atoms with Gasteiger partial charge in [-0.15, -0.1) is 11.6 Å². The van der Waals surface area contributed by atoms with E-state index in [4.69, 9.17) is 11.6 Å². The van der Waals surface area contributed by atoms with Gasteiger partial charge in [0.2, 0.25) is 0 Å². The highest BCUT2D eigenvalue weighted by atomic mass is 35.5. The Balaban J connectivity index is 2.39. The van der Waals surface area contributed by atoms with Crippen molar-refractivity contribution < 1.29 is 10.2 Å². The Kier molecular flexibility index (Phi) is 3.44. The van der Waals surface area contributed by atoms with Crippen LogP contribution in [0.25, 0.3) is 10.8 Å². The molecule has 2 rings (SSSR count). The molecule has 0 aliphatic rings. The smallest absolute Gasteiger partial charge is 0.106 e. The number of alkyl halides is 1. The Bertz CT molecular complexity index is 484. The predicted molar refractivity (Wildman–Crippen MR) is 65.6 cm³/mol. The van der Waals surface area contributed by atoms with E-state index in [1.807, 2.05) is 42.5 Å². The van der Waals surface area contributed by atoms with Crippen LogP contribution in [0.15, 0.2) is 42.5 Å². The highest BCUT2D eigenvalue weighted by Crippen LogP contribution is 2.22. The quantitative estimate of drug-likeness (QED) is 0.804. The third-order valence-corrected chi connectivity index (χ3v) is 2.95. The van der Waals surface area contributed by atoms with Crippen LogP contribution in [0, 0.1) is 0 Å². The molecule has 2 aromatic rings. The number of aliphatic hydroxyl groups is 2. The van der Waals surface area contributed by atoms with Crippen LogP contribution in [0.5, 0.6) is 0 Å². The molecule has 84 valence electrons. The van der Waals surface area contributed by atoms with Crippen LogP contribution in [0.4, 0.5) is 0 Å². The molecule has 2 N–H and O–H groups in total. The zero-order valence-electron chi connectivity index (χ0n) is 8.68. The number of halogens is 1. The molecule has 0 bridgehead atoms. The molecule has 3 heteroatoms. The molecule has 0 fully saturated rings. The van der Waals surface area contributed by atoms with E-state index >= 15 is 0 Å². The second kappa shape index (κ2) is 4.83. The van der Waals surface area contributed by atoms with Gasteiger partial charge in [-0.2, -0.15) is 0 Å². The second-order valence-corrected chi connectivity index (χ2v) is 4.08. The molecule has 16 heavy (non-hydrogen) atoms. The number of hydrogen-bond donors (Lipinski definition) is 2. The summed E-state index contributed by atoms with van der Waals surface area (Å²) in [6.45, 7) is 0. The molecule has 0 heterocycles. The van der Waals surface area contributed by atoms with Crippen molar-refractivity contribution in [3.63, 3.8) is 0 Å². The van der Waals surface area contributed by atoms with Crippen molar-refractivity contribution in [1.29, 1.82) is 0 Å². The first-order valence-electron chi connectivity index (χ1n) is 5.13. The second-order valence-electron chi connectivity index (χ2n) is 3.77. The van der Waals surface area contributed by atoms with E-state index in [1.165, 1.54) is 0 Å². The summed E-state index contributed by atoms with van der Waals surface area (Å²) in [5.74, 6) is 0.0218. The molecule has 0 saturated heterocycles. The SMILES string of the molecule is OC(CCl)C(O)c1ccc2ccccc2c1. The molecular formula is C13H13ClO2. The van der Waals surface area contributed by atoms with Gasteiger partial charge in [0.25, 0.3) is 0 Å². The summed E-state index contributed by atoms with van der Waals surface area (Å²) in [5.41, 5.74) is 0.687. The maximum Gasteiger partial charge on any atom is 0.106 e. The highest BCUT2D eigenvalue weighted by Gasteiger charge is 2.17. The molecule has 0 aliphatic heterocycles. The van der Waals surface area contributed by atoms with Gasteiger partial charge in [-0.3, -0.25) is 0 Å². The molecule has 0 spiro atoms. The maximum absolute atomic E-state index is 9.81. The average molecular weight is 237 g/mol. The third kappa shape index (κ3) is 2.19. The van der Waals surface area contributed by atoms with E-state index < -0.39 is 12.2 Å². The summed E-state index contributed by atoms with van der Waals surface area (Å²) < 4.78 is 0. The van der Waals surface area contributed by atoms with Crippen molar-refractivity contribution in [2.24, 2.45) is 0 Å². The molecule has 2 atom stereocenters. The maximum atomic E-state index is 9.81. The van der Waals surface area contributed by atoms with E-state index in [9.17, 15) is 10.2 Å². The number of hydrogen-bond acceptors (Lipinski definition) is 2. The number of benzene rings is 2. The first-order chi connectivity index (χ1) is 7.72. The molecule has 2 nitrogen and oxygen atoms in total. The van der Waals surface area contributed by atoms with Crippen LogP contribution in [-0.4, -0.2) is 22.2 Å². The van der Waals surface area contributed by atoms with Crippen molar-refractivity contribution in [2.75, 3.05) is 5.88 Å². The standard InChI is InChI=1S/C13H13ClO2/c14-8-12(15)13(16)11-6-5-9-3-1-2-4-10(9)7-11/h1-7,12-13,15-16H,8H2. The van der Waals surface area contributed by atoms with Crippen molar-refractivity contribution in [1.82, 2.24) is 0 Å². The van der Waals surface area contributed by atoms with Crippen LogP contribution in [0.1, 0.15) is 11.7 Å². The fraction of sp³-hybridized carbons (Fsp3) is 0.231. The Labute approximate surface area is 99.1 Å². The summed E-state index contributed by atoms with van der Waals surface area (Å²) in [6.07, 6.45) is -1.86. The topological polar surface area (TPSA) is 40.5 Å². The largest absolute Gasteiger partial charge is 0.389 e. The van der Waals surface area contributed by atoms with Crippen LogP contribution in [0.2, 0.25) is 0 Å². The molecule has 0 aromatic heterocycles. The van der Waals surface area contributed by atoms with E-state index in [0.29, 0.717) is 5.56 Å². The monoisotopic (exact) mass is 236 g/mol. The van der Waals surface area contributed by atoms with Crippen LogP contribution in [-0.2, 0) is 0 Å². The van der Waals surface area contributed by atoms with Gasteiger partial charge >= 0.3 is 0 Å². The van der Waals surface area contributed by atoms with E-state index in [-0.39, 0.29) is 5.88 Å². The molecule has 2 unspecified atom stereocenters. The molecule has 2 aromatic carbocycles. The predicted octanol–water partition coefficient (Wildman–Crippen LogP) is 2.47. The van der Waals surface area contributed by atoms with Crippen molar-refractivity contribution in [2.45, 2.75) is 12.2 Å². The Morgan fingerprint density at radius 1 is 1.00 bits per heavy atom. The van der Waals surface area contributed by atoms with Gasteiger partial charge < -0.3 is 10.2 Å². The lowest BCUT2D eigenvalue weighted by Gasteiger charge is -2.16. The number of rotatable bonds is 3. The lowest BCUT2D eigenvalue weighted by Crippen LogP contribution is -2.19. The minimum Gasteiger partial charge on any atom is -0.389 e. The molecule has 0 aliphatic carbocycles. The van der Waals surface area contributed by atoms with E-state index in [2.05, 4.69) is 0 Å². The minimum absolute atomic E-state index is 0.0218. The summed E-state index contributed by atoms with van der Waals surface area (Å²) in [5, 5.41) is 21.4. The Morgan fingerprint density at radius 3 is 2.38 bits per heavy atom. The zero-order chi connectivity index (χ0) is 11.5. The van der Waals surface area contributed by atoms with Crippen LogP contribution < -0.4 is 0 Å². The summed E-state index contributed by atoms with van der Waals surface area (Å²) in [7, 11) is 0. The van der Waals surface area contributed by atoms with Crippen LogP contribution in [0.3, 0.4) is 0 Å². The average Bonchev–Trinajstić information content (AvgIpc) is 2.36.